The fourth-order valence-electron chi connectivity index (χ4n) is 1.95. The van der Waals surface area contributed by atoms with Crippen molar-refractivity contribution >= 4 is 11.9 Å². The first-order valence-corrected chi connectivity index (χ1v) is 5.70. The summed E-state index contributed by atoms with van der Waals surface area (Å²) in [5, 5.41) is 24.1. The third kappa shape index (κ3) is 6.36. The van der Waals surface area contributed by atoms with Crippen LogP contribution in [0.25, 0.3) is 0 Å². The number of carboxylic acids is 2. The van der Waals surface area contributed by atoms with Gasteiger partial charge in [-0.2, -0.15) is 0 Å². The summed E-state index contributed by atoms with van der Waals surface area (Å²) < 4.78 is 0. The molecule has 1 aliphatic carbocycles. The molecule has 0 radical (unpaired) electrons. The summed E-state index contributed by atoms with van der Waals surface area (Å²) in [6.45, 7) is 1.31. The Balaban J connectivity index is 0.000000411. The molecule has 0 heterocycles. The topological polar surface area (TPSA) is 98.1 Å². The normalized spacial score (nSPS) is 22.2. The van der Waals surface area contributed by atoms with Gasteiger partial charge in [0, 0.05) is 12.0 Å². The Kier molecular flexibility index (Phi) is 7.23. The molecule has 1 atom stereocenters. The SMILES string of the molecule is CN(C)CC1(CO)CC=CCC1.O=C(O)C(=O)O. The first-order chi connectivity index (χ1) is 8.33. The minimum Gasteiger partial charge on any atom is -0.473 e. The van der Waals surface area contributed by atoms with Crippen LogP contribution in [0.3, 0.4) is 0 Å². The molecule has 1 aliphatic rings. The van der Waals surface area contributed by atoms with E-state index in [1.165, 1.54) is 0 Å². The van der Waals surface area contributed by atoms with Crippen LogP contribution >= 0.6 is 0 Å². The highest BCUT2D eigenvalue weighted by Gasteiger charge is 2.29. The van der Waals surface area contributed by atoms with Crippen molar-refractivity contribution < 1.29 is 24.9 Å². The lowest BCUT2D eigenvalue weighted by atomic mass is 9.77. The first kappa shape index (κ1) is 16.6. The van der Waals surface area contributed by atoms with E-state index < -0.39 is 11.9 Å². The van der Waals surface area contributed by atoms with Gasteiger partial charge in [-0.05, 0) is 33.4 Å². The van der Waals surface area contributed by atoms with E-state index in [2.05, 4.69) is 31.1 Å². The second kappa shape index (κ2) is 7.84. The van der Waals surface area contributed by atoms with Gasteiger partial charge in [-0.15, -0.1) is 0 Å². The number of hydrogen-bond donors (Lipinski definition) is 3. The van der Waals surface area contributed by atoms with Crippen molar-refractivity contribution in [3.05, 3.63) is 12.2 Å². The maximum absolute atomic E-state index is 9.33. The van der Waals surface area contributed by atoms with Crippen LogP contribution in [0.15, 0.2) is 12.2 Å². The van der Waals surface area contributed by atoms with Crippen molar-refractivity contribution in [2.75, 3.05) is 27.2 Å². The number of aliphatic hydroxyl groups is 1. The fourth-order valence-corrected chi connectivity index (χ4v) is 1.95. The number of nitrogens with zero attached hydrogens (tertiary/aromatic N) is 1. The molecule has 0 bridgehead atoms. The minimum absolute atomic E-state index is 0.137. The van der Waals surface area contributed by atoms with Gasteiger partial charge in [-0.1, -0.05) is 12.2 Å². The molecule has 0 aromatic rings. The molecule has 1 unspecified atom stereocenters. The molecule has 0 aromatic heterocycles. The molecule has 6 heteroatoms. The van der Waals surface area contributed by atoms with Crippen molar-refractivity contribution in [1.29, 1.82) is 0 Å². The number of rotatable bonds is 3. The third-order valence-electron chi connectivity index (χ3n) is 2.73. The quantitative estimate of drug-likeness (QED) is 0.502. The lowest BCUT2D eigenvalue weighted by Crippen LogP contribution is -2.37. The molecule has 104 valence electrons. The number of allylic oxidation sites excluding steroid dienone is 2. The molecule has 0 fully saturated rings. The van der Waals surface area contributed by atoms with Gasteiger partial charge < -0.3 is 20.2 Å². The molecule has 0 aromatic carbocycles. The summed E-state index contributed by atoms with van der Waals surface area (Å²) in [6, 6.07) is 0. The molecule has 0 saturated carbocycles. The van der Waals surface area contributed by atoms with Crippen molar-refractivity contribution in [3.8, 4) is 0 Å². The molecular weight excluding hydrogens is 238 g/mol. The van der Waals surface area contributed by atoms with E-state index in [0.29, 0.717) is 6.61 Å². The molecule has 18 heavy (non-hydrogen) atoms. The van der Waals surface area contributed by atoms with Gasteiger partial charge in [0.05, 0.1) is 6.61 Å². The van der Waals surface area contributed by atoms with Gasteiger partial charge >= 0.3 is 11.9 Å². The zero-order chi connectivity index (χ0) is 14.2. The number of aliphatic hydroxyl groups excluding tert-OH is 1. The van der Waals surface area contributed by atoms with Gasteiger partial charge in [-0.25, -0.2) is 9.59 Å². The second-order valence-corrected chi connectivity index (χ2v) is 4.72. The zero-order valence-electron chi connectivity index (χ0n) is 10.8. The summed E-state index contributed by atoms with van der Waals surface area (Å²) in [5.41, 5.74) is 0.137. The number of aliphatic carboxylic acids is 2. The Morgan fingerprint density at radius 3 is 2.06 bits per heavy atom. The average Bonchev–Trinajstić information content (AvgIpc) is 2.30. The van der Waals surface area contributed by atoms with Gasteiger partial charge in [0.1, 0.15) is 0 Å². The summed E-state index contributed by atoms with van der Waals surface area (Å²) in [5.74, 6) is -3.65. The predicted octanol–water partition coefficient (Wildman–Crippen LogP) is 0.422. The van der Waals surface area contributed by atoms with Crippen molar-refractivity contribution in [2.24, 2.45) is 5.41 Å². The molecule has 0 aliphatic heterocycles. The Morgan fingerprint density at radius 2 is 1.78 bits per heavy atom. The highest BCUT2D eigenvalue weighted by molar-refractivity contribution is 6.27. The Labute approximate surface area is 107 Å². The maximum atomic E-state index is 9.33. The van der Waals surface area contributed by atoms with E-state index in [4.69, 9.17) is 19.8 Å². The number of carbonyl (C=O) groups is 2. The zero-order valence-corrected chi connectivity index (χ0v) is 10.8. The van der Waals surface area contributed by atoms with Crippen LogP contribution in [-0.2, 0) is 9.59 Å². The van der Waals surface area contributed by atoms with E-state index in [-0.39, 0.29) is 5.41 Å². The monoisotopic (exact) mass is 259 g/mol. The first-order valence-electron chi connectivity index (χ1n) is 5.70. The number of carboxylic acid groups (broad SMARTS) is 2. The molecule has 1 rings (SSSR count). The van der Waals surface area contributed by atoms with E-state index in [0.717, 1.165) is 25.8 Å². The van der Waals surface area contributed by atoms with Crippen LogP contribution in [-0.4, -0.2) is 59.4 Å². The van der Waals surface area contributed by atoms with E-state index in [9.17, 15) is 5.11 Å². The van der Waals surface area contributed by atoms with Gasteiger partial charge in [0.2, 0.25) is 0 Å². The molecule has 3 N–H and O–H groups in total. The van der Waals surface area contributed by atoms with E-state index in [1.807, 2.05) is 0 Å². The highest BCUT2D eigenvalue weighted by Crippen LogP contribution is 2.32. The smallest absolute Gasteiger partial charge is 0.414 e. The van der Waals surface area contributed by atoms with E-state index in [1.54, 1.807) is 0 Å². The number of hydrogen-bond acceptors (Lipinski definition) is 4. The molecule has 6 nitrogen and oxygen atoms in total. The third-order valence-corrected chi connectivity index (χ3v) is 2.73. The lowest BCUT2D eigenvalue weighted by Gasteiger charge is -2.35. The molecule has 0 amide bonds. The summed E-state index contributed by atoms with van der Waals surface area (Å²) in [7, 11) is 4.13. The van der Waals surface area contributed by atoms with Crippen LogP contribution < -0.4 is 0 Å². The van der Waals surface area contributed by atoms with Gasteiger partial charge in [0.25, 0.3) is 0 Å². The maximum Gasteiger partial charge on any atom is 0.414 e. The van der Waals surface area contributed by atoms with Crippen LogP contribution in [0.4, 0.5) is 0 Å². The fraction of sp³-hybridized carbons (Fsp3) is 0.667. The van der Waals surface area contributed by atoms with Gasteiger partial charge in [-0.3, -0.25) is 0 Å². The Morgan fingerprint density at radius 1 is 1.22 bits per heavy atom. The van der Waals surface area contributed by atoms with E-state index >= 15 is 0 Å². The van der Waals surface area contributed by atoms with Crippen LogP contribution in [0.2, 0.25) is 0 Å². The standard InChI is InChI=1S/C10H19NO.C2H2O4/c1-11(2)8-10(9-12)6-4-3-5-7-10;3-1(4)2(5)6/h3-4,12H,5-9H2,1-2H3;(H,3,4)(H,5,6). The molecule has 0 spiro atoms. The molecular formula is C12H21NO5. The van der Waals surface area contributed by atoms with Crippen molar-refractivity contribution in [2.45, 2.75) is 19.3 Å². The summed E-state index contributed by atoms with van der Waals surface area (Å²) in [4.78, 5) is 20.4. The summed E-state index contributed by atoms with van der Waals surface area (Å²) >= 11 is 0. The Hall–Kier alpha value is -1.40. The highest BCUT2D eigenvalue weighted by atomic mass is 16.4. The molecule has 0 saturated heterocycles. The Bertz CT molecular complexity index is 302. The summed E-state index contributed by atoms with van der Waals surface area (Å²) in [6.07, 6.45) is 7.68. The van der Waals surface area contributed by atoms with Crippen LogP contribution in [0.1, 0.15) is 19.3 Å². The lowest BCUT2D eigenvalue weighted by molar-refractivity contribution is -0.159. The second-order valence-electron chi connectivity index (χ2n) is 4.72. The van der Waals surface area contributed by atoms with Crippen LogP contribution in [0.5, 0.6) is 0 Å². The average molecular weight is 259 g/mol. The predicted molar refractivity (Wildman–Crippen MR) is 66.3 cm³/mol. The van der Waals surface area contributed by atoms with Crippen molar-refractivity contribution in [1.82, 2.24) is 4.90 Å². The minimum atomic E-state index is -1.82. The van der Waals surface area contributed by atoms with Crippen molar-refractivity contribution in [3.63, 3.8) is 0 Å². The van der Waals surface area contributed by atoms with Gasteiger partial charge in [0.15, 0.2) is 0 Å². The van der Waals surface area contributed by atoms with Crippen LogP contribution in [0, 0.1) is 5.41 Å². The largest absolute Gasteiger partial charge is 0.473 e.